The van der Waals surface area contributed by atoms with Crippen LogP contribution in [-0.2, 0) is 4.74 Å². The van der Waals surface area contributed by atoms with Crippen molar-refractivity contribution in [3.8, 4) is 5.75 Å². The Bertz CT molecular complexity index is 408. The van der Waals surface area contributed by atoms with E-state index in [1.165, 1.54) is 0 Å². The summed E-state index contributed by atoms with van der Waals surface area (Å²) in [4.78, 5) is 4.51. The van der Waals surface area contributed by atoms with Gasteiger partial charge in [0.05, 0.1) is 12.6 Å². The fourth-order valence-corrected chi connectivity index (χ4v) is 1.77. The first-order valence-corrected chi connectivity index (χ1v) is 8.04. The van der Waals surface area contributed by atoms with Gasteiger partial charge in [0.2, 0.25) is 0 Å². The predicted octanol–water partition coefficient (Wildman–Crippen LogP) is 2.44. The zero-order valence-electron chi connectivity index (χ0n) is 14.0. The fraction of sp³-hybridized carbons (Fsp3) is 0.588. The van der Waals surface area contributed by atoms with E-state index in [1.807, 2.05) is 44.2 Å². The largest absolute Gasteiger partial charge is 0.492 e. The lowest BCUT2D eigenvalue weighted by molar-refractivity contribution is 0.0782. The van der Waals surface area contributed by atoms with Gasteiger partial charge in [-0.05, 0) is 39.3 Å². The molecule has 0 aromatic heterocycles. The van der Waals surface area contributed by atoms with Crippen LogP contribution in [0.4, 0.5) is 0 Å². The van der Waals surface area contributed by atoms with Crippen LogP contribution in [0.15, 0.2) is 35.3 Å². The van der Waals surface area contributed by atoms with Crippen LogP contribution in [-0.4, -0.2) is 44.9 Å². The molecule has 22 heavy (non-hydrogen) atoms. The van der Waals surface area contributed by atoms with Crippen LogP contribution in [0.25, 0.3) is 0 Å². The normalized spacial score (nSPS) is 11.5. The Morgan fingerprint density at radius 3 is 2.59 bits per heavy atom. The smallest absolute Gasteiger partial charge is 0.191 e. The quantitative estimate of drug-likeness (QED) is 0.396. The molecule has 0 saturated carbocycles. The van der Waals surface area contributed by atoms with Gasteiger partial charge in [-0.1, -0.05) is 18.2 Å². The van der Waals surface area contributed by atoms with E-state index in [9.17, 15) is 0 Å². The molecule has 0 heterocycles. The minimum Gasteiger partial charge on any atom is -0.492 e. The van der Waals surface area contributed by atoms with Crippen molar-refractivity contribution in [1.29, 1.82) is 0 Å². The summed E-state index contributed by atoms with van der Waals surface area (Å²) in [6, 6.07) is 9.81. The Labute approximate surface area is 134 Å². The molecule has 1 aromatic rings. The Morgan fingerprint density at radius 1 is 1.14 bits per heavy atom. The van der Waals surface area contributed by atoms with Gasteiger partial charge in [0.25, 0.3) is 0 Å². The van der Waals surface area contributed by atoms with E-state index in [0.717, 1.165) is 37.8 Å². The van der Waals surface area contributed by atoms with Gasteiger partial charge in [-0.2, -0.15) is 0 Å². The van der Waals surface area contributed by atoms with E-state index >= 15 is 0 Å². The van der Waals surface area contributed by atoms with Crippen LogP contribution < -0.4 is 15.4 Å². The number of para-hydroxylation sites is 1. The van der Waals surface area contributed by atoms with Crippen molar-refractivity contribution >= 4 is 5.96 Å². The predicted molar refractivity (Wildman–Crippen MR) is 91.6 cm³/mol. The van der Waals surface area contributed by atoms with E-state index in [-0.39, 0.29) is 6.10 Å². The maximum atomic E-state index is 5.64. The summed E-state index contributed by atoms with van der Waals surface area (Å²) in [5.41, 5.74) is 0. The summed E-state index contributed by atoms with van der Waals surface area (Å²) in [5.74, 6) is 1.71. The molecule has 0 saturated heterocycles. The third-order valence-electron chi connectivity index (χ3n) is 2.77. The van der Waals surface area contributed by atoms with E-state index in [1.54, 1.807) is 0 Å². The molecule has 5 heteroatoms. The monoisotopic (exact) mass is 307 g/mol. The third kappa shape index (κ3) is 9.23. The molecule has 0 aliphatic rings. The summed E-state index contributed by atoms with van der Waals surface area (Å²) >= 11 is 0. The molecular weight excluding hydrogens is 278 g/mol. The molecule has 0 bridgehead atoms. The van der Waals surface area contributed by atoms with Crippen molar-refractivity contribution in [2.75, 3.05) is 32.8 Å². The van der Waals surface area contributed by atoms with Crippen molar-refractivity contribution in [3.63, 3.8) is 0 Å². The Morgan fingerprint density at radius 2 is 1.91 bits per heavy atom. The van der Waals surface area contributed by atoms with Crippen molar-refractivity contribution in [2.45, 2.75) is 33.3 Å². The SMILES string of the molecule is CCNC(=NCCCOC(C)C)NCCOc1ccccc1. The van der Waals surface area contributed by atoms with Gasteiger partial charge in [-0.15, -0.1) is 0 Å². The summed E-state index contributed by atoms with van der Waals surface area (Å²) in [6.45, 7) is 9.80. The molecule has 0 unspecified atom stereocenters. The summed E-state index contributed by atoms with van der Waals surface area (Å²) in [6.07, 6.45) is 1.21. The number of nitrogens with zero attached hydrogens (tertiary/aromatic N) is 1. The van der Waals surface area contributed by atoms with Crippen LogP contribution in [0.5, 0.6) is 5.75 Å². The Kier molecular flexibility index (Phi) is 9.87. The topological polar surface area (TPSA) is 54.9 Å². The van der Waals surface area contributed by atoms with Gasteiger partial charge in [0, 0.05) is 19.7 Å². The first-order valence-electron chi connectivity index (χ1n) is 8.04. The molecule has 0 aliphatic heterocycles. The maximum Gasteiger partial charge on any atom is 0.191 e. The van der Waals surface area contributed by atoms with Crippen molar-refractivity contribution in [3.05, 3.63) is 30.3 Å². The summed E-state index contributed by atoms with van der Waals surface area (Å²) < 4.78 is 11.1. The van der Waals surface area contributed by atoms with Crippen LogP contribution in [0, 0.1) is 0 Å². The zero-order valence-corrected chi connectivity index (χ0v) is 14.0. The molecule has 2 N–H and O–H groups in total. The molecule has 1 rings (SSSR count). The van der Waals surface area contributed by atoms with Crippen molar-refractivity contribution < 1.29 is 9.47 Å². The van der Waals surface area contributed by atoms with Gasteiger partial charge < -0.3 is 20.1 Å². The molecule has 0 radical (unpaired) electrons. The summed E-state index contributed by atoms with van der Waals surface area (Å²) in [5, 5.41) is 6.49. The number of hydrogen-bond acceptors (Lipinski definition) is 3. The molecule has 0 fully saturated rings. The first-order chi connectivity index (χ1) is 10.7. The number of hydrogen-bond donors (Lipinski definition) is 2. The molecule has 0 atom stereocenters. The highest BCUT2D eigenvalue weighted by molar-refractivity contribution is 5.79. The van der Waals surface area contributed by atoms with Crippen molar-refractivity contribution in [2.24, 2.45) is 4.99 Å². The standard InChI is InChI=1S/C17H29N3O2/c1-4-18-17(19-11-8-13-21-15(2)3)20-12-14-22-16-9-6-5-7-10-16/h5-7,9-10,15H,4,8,11-14H2,1-3H3,(H2,18,19,20). The van der Waals surface area contributed by atoms with Gasteiger partial charge in [-0.3, -0.25) is 4.99 Å². The second-order valence-electron chi connectivity index (χ2n) is 5.12. The molecule has 5 nitrogen and oxygen atoms in total. The average Bonchev–Trinajstić information content (AvgIpc) is 2.51. The molecule has 1 aromatic carbocycles. The van der Waals surface area contributed by atoms with E-state index in [0.29, 0.717) is 13.2 Å². The zero-order chi connectivity index (χ0) is 16.0. The lowest BCUT2D eigenvalue weighted by Gasteiger charge is -2.12. The molecule has 0 spiro atoms. The minimum atomic E-state index is 0.283. The molecule has 0 aliphatic carbocycles. The van der Waals surface area contributed by atoms with Crippen LogP contribution in [0.2, 0.25) is 0 Å². The minimum absolute atomic E-state index is 0.283. The van der Waals surface area contributed by atoms with Crippen LogP contribution in [0.3, 0.4) is 0 Å². The van der Waals surface area contributed by atoms with Gasteiger partial charge in [0.15, 0.2) is 5.96 Å². The van der Waals surface area contributed by atoms with Crippen LogP contribution in [0.1, 0.15) is 27.2 Å². The highest BCUT2D eigenvalue weighted by Crippen LogP contribution is 2.07. The van der Waals surface area contributed by atoms with E-state index in [4.69, 9.17) is 9.47 Å². The van der Waals surface area contributed by atoms with Gasteiger partial charge in [0.1, 0.15) is 12.4 Å². The number of ether oxygens (including phenoxy) is 2. The van der Waals surface area contributed by atoms with Gasteiger partial charge in [-0.25, -0.2) is 0 Å². The lowest BCUT2D eigenvalue weighted by atomic mass is 10.3. The highest BCUT2D eigenvalue weighted by Gasteiger charge is 1.98. The highest BCUT2D eigenvalue weighted by atomic mass is 16.5. The maximum absolute atomic E-state index is 5.64. The Balaban J connectivity index is 2.19. The number of nitrogens with one attached hydrogen (secondary N) is 2. The third-order valence-corrected chi connectivity index (χ3v) is 2.77. The van der Waals surface area contributed by atoms with Crippen LogP contribution >= 0.6 is 0 Å². The molecule has 124 valence electrons. The lowest BCUT2D eigenvalue weighted by Crippen LogP contribution is -2.39. The Hall–Kier alpha value is -1.75. The molecule has 0 amide bonds. The van der Waals surface area contributed by atoms with E-state index < -0.39 is 0 Å². The van der Waals surface area contributed by atoms with Gasteiger partial charge >= 0.3 is 0 Å². The fourth-order valence-electron chi connectivity index (χ4n) is 1.77. The second-order valence-corrected chi connectivity index (χ2v) is 5.12. The number of guanidine groups is 1. The average molecular weight is 307 g/mol. The van der Waals surface area contributed by atoms with E-state index in [2.05, 4.69) is 22.5 Å². The number of rotatable bonds is 10. The van der Waals surface area contributed by atoms with Crippen molar-refractivity contribution in [1.82, 2.24) is 10.6 Å². The number of benzene rings is 1. The molecular formula is C17H29N3O2. The summed E-state index contributed by atoms with van der Waals surface area (Å²) in [7, 11) is 0. The first kappa shape index (κ1) is 18.3. The second kappa shape index (κ2) is 11.9. The number of aliphatic imine (C=N–C) groups is 1.